The molecule has 0 aromatic rings. The van der Waals surface area contributed by atoms with E-state index in [1.165, 1.54) is 231 Å². The fourth-order valence-corrected chi connectivity index (χ4v) is 9.40. The minimum Gasteiger partial charge on any atom is -0.462 e. The molecular formula is C61H118O6. The SMILES string of the molecule is CCCCCCCCCCCCCCCCCCCCC(=O)OC[C@H](COC(=O)CCCCCCCCCCCCCCCC(C)C)OC(=O)CCCCCCCCCCCCCCC(C)C. The maximum absolute atomic E-state index is 12.9. The molecule has 0 N–H and O–H groups in total. The number of carbonyl (C=O) groups is 3. The van der Waals surface area contributed by atoms with Crippen LogP contribution in [0.25, 0.3) is 0 Å². The third kappa shape index (κ3) is 55.2. The second-order valence-corrected chi connectivity index (χ2v) is 21.9. The predicted octanol–water partition coefficient (Wildman–Crippen LogP) is 20.0. The highest BCUT2D eigenvalue weighted by Crippen LogP contribution is 2.18. The van der Waals surface area contributed by atoms with Crippen molar-refractivity contribution in [3.8, 4) is 0 Å². The van der Waals surface area contributed by atoms with Crippen LogP contribution in [-0.2, 0) is 28.6 Å². The number of unbranched alkanes of at least 4 members (excludes halogenated alkanes) is 40. The maximum Gasteiger partial charge on any atom is 0.306 e. The van der Waals surface area contributed by atoms with E-state index in [0.717, 1.165) is 69.6 Å². The Morgan fingerprint density at radius 1 is 0.284 bits per heavy atom. The first-order chi connectivity index (χ1) is 32.7. The van der Waals surface area contributed by atoms with E-state index in [2.05, 4.69) is 34.6 Å². The van der Waals surface area contributed by atoms with Gasteiger partial charge >= 0.3 is 17.9 Å². The van der Waals surface area contributed by atoms with E-state index in [1.54, 1.807) is 0 Å². The van der Waals surface area contributed by atoms with Gasteiger partial charge < -0.3 is 14.2 Å². The van der Waals surface area contributed by atoms with Crippen LogP contribution in [0.5, 0.6) is 0 Å². The fraction of sp³-hybridized carbons (Fsp3) is 0.951. The molecule has 0 aromatic carbocycles. The van der Waals surface area contributed by atoms with Gasteiger partial charge in [-0.1, -0.05) is 304 Å². The van der Waals surface area contributed by atoms with Gasteiger partial charge in [-0.05, 0) is 31.1 Å². The van der Waals surface area contributed by atoms with Crippen molar-refractivity contribution in [1.82, 2.24) is 0 Å². The lowest BCUT2D eigenvalue weighted by atomic mass is 10.0. The lowest BCUT2D eigenvalue weighted by Gasteiger charge is -2.18. The van der Waals surface area contributed by atoms with Gasteiger partial charge in [-0.2, -0.15) is 0 Å². The Morgan fingerprint density at radius 3 is 0.731 bits per heavy atom. The van der Waals surface area contributed by atoms with Crippen LogP contribution in [0.1, 0.15) is 343 Å². The van der Waals surface area contributed by atoms with Crippen LogP contribution in [0.3, 0.4) is 0 Å². The average molecular weight is 948 g/mol. The fourth-order valence-electron chi connectivity index (χ4n) is 9.40. The number of rotatable bonds is 55. The Morgan fingerprint density at radius 2 is 0.493 bits per heavy atom. The first-order valence-electron chi connectivity index (χ1n) is 30.2. The van der Waals surface area contributed by atoms with E-state index < -0.39 is 6.10 Å². The van der Waals surface area contributed by atoms with E-state index in [0.29, 0.717) is 19.3 Å². The molecule has 0 saturated heterocycles. The van der Waals surface area contributed by atoms with E-state index in [1.807, 2.05) is 0 Å². The summed E-state index contributed by atoms with van der Waals surface area (Å²) in [7, 11) is 0. The molecule has 0 heterocycles. The van der Waals surface area contributed by atoms with Crippen molar-refractivity contribution in [2.45, 2.75) is 349 Å². The molecule has 0 saturated carbocycles. The molecule has 0 fully saturated rings. The van der Waals surface area contributed by atoms with E-state index in [4.69, 9.17) is 14.2 Å². The van der Waals surface area contributed by atoms with Crippen LogP contribution < -0.4 is 0 Å². The summed E-state index contributed by atoms with van der Waals surface area (Å²) in [5.74, 6) is 0.836. The lowest BCUT2D eigenvalue weighted by Crippen LogP contribution is -2.30. The first-order valence-corrected chi connectivity index (χ1v) is 30.2. The minimum atomic E-state index is -0.763. The molecule has 0 aliphatic rings. The van der Waals surface area contributed by atoms with Crippen molar-refractivity contribution in [1.29, 1.82) is 0 Å². The molecule has 0 bridgehead atoms. The normalized spacial score (nSPS) is 12.0. The van der Waals surface area contributed by atoms with Crippen molar-refractivity contribution in [2.75, 3.05) is 13.2 Å². The zero-order valence-electron chi connectivity index (χ0n) is 46.0. The van der Waals surface area contributed by atoms with Crippen molar-refractivity contribution < 1.29 is 28.6 Å². The Balaban J connectivity index is 4.29. The highest BCUT2D eigenvalue weighted by molar-refractivity contribution is 5.71. The average Bonchev–Trinajstić information content (AvgIpc) is 3.30. The molecule has 6 nitrogen and oxygen atoms in total. The second-order valence-electron chi connectivity index (χ2n) is 21.9. The van der Waals surface area contributed by atoms with Crippen molar-refractivity contribution >= 4 is 17.9 Å². The topological polar surface area (TPSA) is 78.9 Å². The summed E-state index contributed by atoms with van der Waals surface area (Å²) in [6.45, 7) is 11.4. The third-order valence-electron chi connectivity index (χ3n) is 14.0. The van der Waals surface area contributed by atoms with Crippen LogP contribution in [0.2, 0.25) is 0 Å². The largest absolute Gasteiger partial charge is 0.462 e. The summed E-state index contributed by atoms with van der Waals surface area (Å²) in [6.07, 6.45) is 58.1. The number of hydrogen-bond acceptors (Lipinski definition) is 6. The molecule has 0 aliphatic heterocycles. The van der Waals surface area contributed by atoms with Crippen LogP contribution in [0.4, 0.5) is 0 Å². The van der Waals surface area contributed by atoms with Crippen LogP contribution in [0.15, 0.2) is 0 Å². The Kier molecular flexibility index (Phi) is 52.5. The third-order valence-corrected chi connectivity index (χ3v) is 14.0. The monoisotopic (exact) mass is 947 g/mol. The molecule has 67 heavy (non-hydrogen) atoms. The lowest BCUT2D eigenvalue weighted by molar-refractivity contribution is -0.167. The quantitative estimate of drug-likeness (QED) is 0.0343. The summed E-state index contributed by atoms with van der Waals surface area (Å²) in [6, 6.07) is 0. The highest BCUT2D eigenvalue weighted by atomic mass is 16.6. The summed E-state index contributed by atoms with van der Waals surface area (Å²) in [4.78, 5) is 38.2. The molecule has 0 spiro atoms. The molecule has 398 valence electrons. The number of ether oxygens (including phenoxy) is 3. The van der Waals surface area contributed by atoms with Gasteiger partial charge in [0.1, 0.15) is 13.2 Å². The van der Waals surface area contributed by atoms with Crippen LogP contribution >= 0.6 is 0 Å². The molecule has 0 rings (SSSR count). The zero-order chi connectivity index (χ0) is 48.9. The minimum absolute atomic E-state index is 0.0624. The van der Waals surface area contributed by atoms with Gasteiger partial charge in [0.2, 0.25) is 0 Å². The second kappa shape index (κ2) is 53.8. The number of carbonyl (C=O) groups excluding carboxylic acids is 3. The summed E-state index contributed by atoms with van der Waals surface area (Å²) in [5, 5.41) is 0. The maximum atomic E-state index is 12.9. The highest BCUT2D eigenvalue weighted by Gasteiger charge is 2.19. The molecule has 0 aliphatic carbocycles. The van der Waals surface area contributed by atoms with Crippen molar-refractivity contribution in [3.63, 3.8) is 0 Å². The van der Waals surface area contributed by atoms with E-state index >= 15 is 0 Å². The van der Waals surface area contributed by atoms with Gasteiger partial charge in [0.05, 0.1) is 0 Å². The Labute approximate surface area is 418 Å². The smallest absolute Gasteiger partial charge is 0.306 e. The van der Waals surface area contributed by atoms with Gasteiger partial charge in [0.25, 0.3) is 0 Å². The van der Waals surface area contributed by atoms with E-state index in [-0.39, 0.29) is 31.1 Å². The summed E-state index contributed by atoms with van der Waals surface area (Å²) in [5.41, 5.74) is 0. The molecule has 0 unspecified atom stereocenters. The first kappa shape index (κ1) is 65.4. The van der Waals surface area contributed by atoms with Gasteiger partial charge in [-0.15, -0.1) is 0 Å². The van der Waals surface area contributed by atoms with Gasteiger partial charge in [0, 0.05) is 19.3 Å². The van der Waals surface area contributed by atoms with Crippen LogP contribution in [0, 0.1) is 11.8 Å². The van der Waals surface area contributed by atoms with E-state index in [9.17, 15) is 14.4 Å². The van der Waals surface area contributed by atoms with Gasteiger partial charge in [-0.3, -0.25) is 14.4 Å². The number of hydrogen-bond donors (Lipinski definition) is 0. The molecule has 1 atom stereocenters. The van der Waals surface area contributed by atoms with Gasteiger partial charge in [0.15, 0.2) is 6.10 Å². The Bertz CT molecular complexity index is 1020. The molecular weight excluding hydrogens is 829 g/mol. The molecule has 0 amide bonds. The molecule has 0 radical (unpaired) electrons. The molecule has 0 aromatic heterocycles. The zero-order valence-corrected chi connectivity index (χ0v) is 46.0. The van der Waals surface area contributed by atoms with Crippen molar-refractivity contribution in [3.05, 3.63) is 0 Å². The predicted molar refractivity (Wildman–Crippen MR) is 289 cm³/mol. The van der Waals surface area contributed by atoms with Crippen LogP contribution in [-0.4, -0.2) is 37.2 Å². The summed E-state index contributed by atoms with van der Waals surface area (Å²) < 4.78 is 16.9. The summed E-state index contributed by atoms with van der Waals surface area (Å²) >= 11 is 0. The van der Waals surface area contributed by atoms with Gasteiger partial charge in [-0.25, -0.2) is 0 Å². The molecule has 6 heteroatoms. The standard InChI is InChI=1S/C61H118O6/c1-6-7-8-9-10-11-12-13-14-15-16-17-20-26-31-36-41-46-51-59(62)65-54-58(67-61(64)53-48-43-38-33-28-23-22-25-30-35-40-45-50-57(4)5)55-66-60(63)52-47-42-37-32-27-21-18-19-24-29-34-39-44-49-56(2)3/h56-58H,6-55H2,1-5H3/t58-/m1/s1. The van der Waals surface area contributed by atoms with Crippen molar-refractivity contribution in [2.24, 2.45) is 11.8 Å². The number of esters is 3. The Hall–Kier alpha value is -1.59.